The van der Waals surface area contributed by atoms with Crippen LogP contribution in [0.25, 0.3) is 0 Å². The van der Waals surface area contributed by atoms with Crippen molar-refractivity contribution in [2.45, 2.75) is 33.7 Å². The molecule has 0 saturated heterocycles. The Hall–Kier alpha value is -2.10. The molecule has 1 amide bonds. The first-order valence-electron chi connectivity index (χ1n) is 6.28. The van der Waals surface area contributed by atoms with E-state index in [0.29, 0.717) is 11.5 Å². The maximum absolute atomic E-state index is 12.0. The van der Waals surface area contributed by atoms with Gasteiger partial charge in [0.1, 0.15) is 5.76 Å². The molecule has 0 aliphatic heterocycles. The summed E-state index contributed by atoms with van der Waals surface area (Å²) in [6.07, 6.45) is 0. The summed E-state index contributed by atoms with van der Waals surface area (Å²) in [7, 11) is 0. The highest BCUT2D eigenvalue weighted by Crippen LogP contribution is 2.19. The van der Waals surface area contributed by atoms with Crippen molar-refractivity contribution in [3.8, 4) is 0 Å². The van der Waals surface area contributed by atoms with Crippen LogP contribution in [0.4, 0.5) is 0 Å². The number of benzene rings is 1. The zero-order valence-electron chi connectivity index (χ0n) is 11.7. The van der Waals surface area contributed by atoms with Crippen LogP contribution in [0.3, 0.4) is 0 Å². The molecule has 1 N–H and O–H groups in total. The minimum Gasteiger partial charge on any atom is -0.361 e. The highest BCUT2D eigenvalue weighted by Gasteiger charge is 2.15. The number of nitrogens with one attached hydrogen (secondary N) is 1. The Morgan fingerprint density at radius 3 is 2.58 bits per heavy atom. The quantitative estimate of drug-likeness (QED) is 0.920. The molecule has 0 aliphatic carbocycles. The van der Waals surface area contributed by atoms with Crippen molar-refractivity contribution in [3.63, 3.8) is 0 Å². The van der Waals surface area contributed by atoms with Gasteiger partial charge < -0.3 is 9.84 Å². The summed E-state index contributed by atoms with van der Waals surface area (Å²) in [5.41, 5.74) is 3.81. The van der Waals surface area contributed by atoms with Crippen LogP contribution in [-0.2, 0) is 0 Å². The molecule has 2 aromatic rings. The van der Waals surface area contributed by atoms with Crippen molar-refractivity contribution in [2.75, 3.05) is 0 Å². The lowest BCUT2D eigenvalue weighted by atomic mass is 10.0. The molecule has 100 valence electrons. The number of hydrogen-bond acceptors (Lipinski definition) is 3. The summed E-state index contributed by atoms with van der Waals surface area (Å²) in [5, 5.41) is 6.64. The van der Waals surface area contributed by atoms with Crippen LogP contribution >= 0.6 is 0 Å². The van der Waals surface area contributed by atoms with Crippen molar-refractivity contribution in [1.82, 2.24) is 10.5 Å². The smallest absolute Gasteiger partial charge is 0.273 e. The molecular weight excluding hydrogens is 240 g/mol. The van der Waals surface area contributed by atoms with Crippen LogP contribution in [0.15, 0.2) is 28.8 Å². The van der Waals surface area contributed by atoms with E-state index in [1.807, 2.05) is 26.0 Å². The Balaban J connectivity index is 2.12. The average Bonchev–Trinajstić information content (AvgIpc) is 2.75. The molecule has 0 spiro atoms. The van der Waals surface area contributed by atoms with E-state index < -0.39 is 0 Å². The fraction of sp³-hybridized carbons (Fsp3) is 0.333. The Bertz CT molecular complexity index is 602. The first kappa shape index (κ1) is 13.3. The number of hydrogen-bond donors (Lipinski definition) is 1. The number of aryl methyl sites for hydroxylation is 3. The van der Waals surface area contributed by atoms with Crippen LogP contribution in [-0.4, -0.2) is 11.1 Å². The Kier molecular flexibility index (Phi) is 3.69. The number of carbonyl (C=O) groups is 1. The number of amides is 1. The molecule has 1 unspecified atom stereocenters. The molecule has 4 heteroatoms. The molecule has 0 saturated carbocycles. The molecule has 4 nitrogen and oxygen atoms in total. The van der Waals surface area contributed by atoms with Gasteiger partial charge in [0.25, 0.3) is 5.91 Å². The van der Waals surface area contributed by atoms with Crippen molar-refractivity contribution in [3.05, 3.63) is 52.4 Å². The monoisotopic (exact) mass is 258 g/mol. The maximum atomic E-state index is 12.0. The van der Waals surface area contributed by atoms with Crippen molar-refractivity contribution >= 4 is 5.91 Å². The van der Waals surface area contributed by atoms with E-state index in [1.165, 1.54) is 11.1 Å². The second-order valence-corrected chi connectivity index (χ2v) is 4.88. The van der Waals surface area contributed by atoms with Gasteiger partial charge in [-0.05, 0) is 38.8 Å². The second kappa shape index (κ2) is 5.26. The second-order valence-electron chi connectivity index (χ2n) is 4.88. The molecule has 0 aliphatic rings. The third-order valence-corrected chi connectivity index (χ3v) is 3.10. The lowest BCUT2D eigenvalue weighted by molar-refractivity contribution is 0.0930. The standard InChI is InChI=1S/C15H18N2O2/c1-9-5-6-13(10(2)7-9)12(4)16-15(18)14-8-11(3)19-17-14/h5-8,12H,1-4H3,(H,16,18). The van der Waals surface area contributed by atoms with Gasteiger partial charge in [-0.3, -0.25) is 4.79 Å². The molecule has 1 atom stereocenters. The van der Waals surface area contributed by atoms with Gasteiger partial charge in [0, 0.05) is 6.07 Å². The van der Waals surface area contributed by atoms with Crippen LogP contribution in [0.1, 0.15) is 45.9 Å². The topological polar surface area (TPSA) is 55.1 Å². The Labute approximate surface area is 112 Å². The van der Waals surface area contributed by atoms with Crippen molar-refractivity contribution in [1.29, 1.82) is 0 Å². The molecule has 0 bridgehead atoms. The normalized spacial score (nSPS) is 12.2. The van der Waals surface area contributed by atoms with Gasteiger partial charge in [0.2, 0.25) is 0 Å². The van der Waals surface area contributed by atoms with Crippen LogP contribution in [0.5, 0.6) is 0 Å². The molecule has 0 fully saturated rings. The Morgan fingerprint density at radius 2 is 2.00 bits per heavy atom. The summed E-state index contributed by atoms with van der Waals surface area (Å²) in [4.78, 5) is 12.0. The van der Waals surface area contributed by atoms with E-state index in [1.54, 1.807) is 13.0 Å². The summed E-state index contributed by atoms with van der Waals surface area (Å²) >= 11 is 0. The molecule has 1 aromatic carbocycles. The van der Waals surface area contributed by atoms with Gasteiger partial charge in [0.05, 0.1) is 6.04 Å². The summed E-state index contributed by atoms with van der Waals surface area (Å²) in [5.74, 6) is 0.411. The van der Waals surface area contributed by atoms with Crippen LogP contribution in [0, 0.1) is 20.8 Å². The number of nitrogens with zero attached hydrogens (tertiary/aromatic N) is 1. The van der Waals surface area contributed by atoms with Gasteiger partial charge in [-0.15, -0.1) is 0 Å². The third-order valence-electron chi connectivity index (χ3n) is 3.10. The van der Waals surface area contributed by atoms with E-state index in [2.05, 4.69) is 23.5 Å². The SMILES string of the molecule is Cc1ccc(C(C)NC(=O)c2cc(C)on2)c(C)c1. The van der Waals surface area contributed by atoms with Gasteiger partial charge in [-0.2, -0.15) is 0 Å². The fourth-order valence-electron chi connectivity index (χ4n) is 2.13. The first-order chi connectivity index (χ1) is 8.97. The largest absolute Gasteiger partial charge is 0.361 e. The molecule has 1 heterocycles. The van der Waals surface area contributed by atoms with E-state index in [9.17, 15) is 4.79 Å². The number of carbonyl (C=O) groups excluding carboxylic acids is 1. The number of aromatic nitrogens is 1. The fourth-order valence-corrected chi connectivity index (χ4v) is 2.13. The zero-order valence-corrected chi connectivity index (χ0v) is 11.7. The summed E-state index contributed by atoms with van der Waals surface area (Å²) in [6, 6.07) is 7.77. The first-order valence-corrected chi connectivity index (χ1v) is 6.28. The summed E-state index contributed by atoms with van der Waals surface area (Å²) in [6.45, 7) is 7.82. The molecule has 19 heavy (non-hydrogen) atoms. The zero-order chi connectivity index (χ0) is 14.0. The lowest BCUT2D eigenvalue weighted by Gasteiger charge is -2.16. The number of rotatable bonds is 3. The predicted octanol–water partition coefficient (Wildman–Crippen LogP) is 3.09. The third kappa shape index (κ3) is 3.02. The lowest BCUT2D eigenvalue weighted by Crippen LogP contribution is -2.27. The van der Waals surface area contributed by atoms with E-state index in [-0.39, 0.29) is 11.9 Å². The highest BCUT2D eigenvalue weighted by atomic mass is 16.5. The van der Waals surface area contributed by atoms with Crippen molar-refractivity contribution in [2.24, 2.45) is 0 Å². The molecule has 0 radical (unpaired) electrons. The molecule has 2 rings (SSSR count). The van der Waals surface area contributed by atoms with Gasteiger partial charge >= 0.3 is 0 Å². The predicted molar refractivity (Wildman–Crippen MR) is 73.0 cm³/mol. The van der Waals surface area contributed by atoms with Crippen LogP contribution < -0.4 is 5.32 Å². The van der Waals surface area contributed by atoms with Crippen LogP contribution in [0.2, 0.25) is 0 Å². The van der Waals surface area contributed by atoms with E-state index >= 15 is 0 Å². The summed E-state index contributed by atoms with van der Waals surface area (Å²) < 4.78 is 4.90. The van der Waals surface area contributed by atoms with Gasteiger partial charge in [0.15, 0.2) is 5.69 Å². The Morgan fingerprint density at radius 1 is 1.26 bits per heavy atom. The van der Waals surface area contributed by atoms with Crippen molar-refractivity contribution < 1.29 is 9.32 Å². The van der Waals surface area contributed by atoms with Gasteiger partial charge in [-0.25, -0.2) is 0 Å². The van der Waals surface area contributed by atoms with E-state index in [4.69, 9.17) is 4.52 Å². The molecular formula is C15H18N2O2. The average molecular weight is 258 g/mol. The maximum Gasteiger partial charge on any atom is 0.273 e. The van der Waals surface area contributed by atoms with E-state index in [0.717, 1.165) is 5.56 Å². The van der Waals surface area contributed by atoms with Gasteiger partial charge in [-0.1, -0.05) is 28.9 Å². The molecule has 1 aromatic heterocycles. The highest BCUT2D eigenvalue weighted by molar-refractivity contribution is 5.92. The minimum absolute atomic E-state index is 0.0647. The minimum atomic E-state index is -0.218.